The minimum absolute atomic E-state index is 0.0197. The highest BCUT2D eigenvalue weighted by Crippen LogP contribution is 2.47. The molecule has 0 heterocycles. The number of esters is 1. The number of ether oxygens (including phenoxy) is 1. The van der Waals surface area contributed by atoms with Crippen molar-refractivity contribution in [2.24, 2.45) is 11.3 Å². The first kappa shape index (κ1) is 9.56. The Morgan fingerprint density at radius 3 is 2.33 bits per heavy atom. The molecule has 1 fully saturated rings. The average molecular weight is 170 g/mol. The molecule has 0 aliphatic heterocycles. The molecule has 12 heavy (non-hydrogen) atoms. The van der Waals surface area contributed by atoms with E-state index in [1.807, 2.05) is 6.92 Å². The van der Waals surface area contributed by atoms with Crippen LogP contribution in [0.25, 0.3) is 0 Å². The molecule has 2 heteroatoms. The van der Waals surface area contributed by atoms with Gasteiger partial charge in [0.25, 0.3) is 0 Å². The van der Waals surface area contributed by atoms with Crippen molar-refractivity contribution in [3.05, 3.63) is 0 Å². The van der Waals surface area contributed by atoms with Crippen molar-refractivity contribution < 1.29 is 9.53 Å². The summed E-state index contributed by atoms with van der Waals surface area (Å²) in [5.74, 6) is 0.441. The predicted octanol–water partition coefficient (Wildman–Crippen LogP) is 2.38. The molecule has 70 valence electrons. The molecule has 0 radical (unpaired) electrons. The Morgan fingerprint density at radius 1 is 1.50 bits per heavy atom. The van der Waals surface area contributed by atoms with Crippen LogP contribution < -0.4 is 0 Å². The molecule has 1 aliphatic rings. The Balaban J connectivity index is 2.60. The smallest absolute Gasteiger partial charge is 0.312 e. The van der Waals surface area contributed by atoms with E-state index in [0.29, 0.717) is 12.5 Å². The van der Waals surface area contributed by atoms with Crippen molar-refractivity contribution in [1.29, 1.82) is 0 Å². The molecule has 0 N–H and O–H groups in total. The van der Waals surface area contributed by atoms with Crippen LogP contribution in [-0.2, 0) is 9.53 Å². The predicted molar refractivity (Wildman–Crippen MR) is 47.8 cm³/mol. The minimum atomic E-state index is -0.129. The van der Waals surface area contributed by atoms with Crippen molar-refractivity contribution in [3.63, 3.8) is 0 Å². The Bertz CT molecular complexity index is 169. The first-order valence-corrected chi connectivity index (χ1v) is 4.80. The Morgan fingerprint density at radius 2 is 2.08 bits per heavy atom. The number of carbonyl (C=O) groups excluding carboxylic acids is 1. The van der Waals surface area contributed by atoms with E-state index in [0.717, 1.165) is 12.8 Å². The molecular weight excluding hydrogens is 152 g/mol. The van der Waals surface area contributed by atoms with Gasteiger partial charge >= 0.3 is 5.97 Å². The molecule has 2 nitrogen and oxygen atoms in total. The van der Waals surface area contributed by atoms with Crippen LogP contribution in [0.1, 0.15) is 40.0 Å². The largest absolute Gasteiger partial charge is 0.466 e. The maximum absolute atomic E-state index is 11.6. The summed E-state index contributed by atoms with van der Waals surface area (Å²) in [6, 6.07) is 0. The van der Waals surface area contributed by atoms with E-state index in [1.54, 1.807) is 0 Å². The summed E-state index contributed by atoms with van der Waals surface area (Å²) >= 11 is 0. The Kier molecular flexibility index (Phi) is 2.76. The topological polar surface area (TPSA) is 26.3 Å². The molecule has 0 amide bonds. The van der Waals surface area contributed by atoms with Gasteiger partial charge in [-0.3, -0.25) is 4.79 Å². The highest BCUT2D eigenvalue weighted by molar-refractivity contribution is 5.78. The molecular formula is C10H18O2. The number of hydrogen-bond donors (Lipinski definition) is 0. The Labute approximate surface area is 74.3 Å². The molecule has 1 saturated carbocycles. The zero-order valence-corrected chi connectivity index (χ0v) is 8.22. The lowest BCUT2D eigenvalue weighted by atomic mass is 9.62. The van der Waals surface area contributed by atoms with Crippen molar-refractivity contribution in [2.75, 3.05) is 6.61 Å². The molecule has 0 aromatic carbocycles. The van der Waals surface area contributed by atoms with E-state index in [-0.39, 0.29) is 11.4 Å². The van der Waals surface area contributed by atoms with Gasteiger partial charge in [-0.05, 0) is 25.7 Å². The van der Waals surface area contributed by atoms with E-state index in [2.05, 4.69) is 13.8 Å². The van der Waals surface area contributed by atoms with Gasteiger partial charge in [0.1, 0.15) is 0 Å². The van der Waals surface area contributed by atoms with Gasteiger partial charge in [0.05, 0.1) is 12.0 Å². The average Bonchev–Trinajstić information content (AvgIpc) is 1.83. The van der Waals surface area contributed by atoms with Crippen LogP contribution >= 0.6 is 0 Å². The second kappa shape index (κ2) is 3.46. The van der Waals surface area contributed by atoms with Gasteiger partial charge < -0.3 is 4.74 Å². The van der Waals surface area contributed by atoms with Crippen LogP contribution in [0.5, 0.6) is 0 Å². The fourth-order valence-corrected chi connectivity index (χ4v) is 1.85. The molecule has 0 atom stereocenters. The van der Waals surface area contributed by atoms with Crippen molar-refractivity contribution in [3.8, 4) is 0 Å². The second-order valence-corrected chi connectivity index (χ2v) is 3.88. The van der Waals surface area contributed by atoms with Crippen LogP contribution in [0.2, 0.25) is 0 Å². The first-order valence-electron chi connectivity index (χ1n) is 4.80. The first-order chi connectivity index (χ1) is 5.63. The van der Waals surface area contributed by atoms with Crippen LogP contribution in [0.3, 0.4) is 0 Å². The van der Waals surface area contributed by atoms with Gasteiger partial charge in [-0.1, -0.05) is 20.3 Å². The third-order valence-electron chi connectivity index (χ3n) is 3.03. The number of rotatable bonds is 3. The lowest BCUT2D eigenvalue weighted by Gasteiger charge is -2.42. The summed E-state index contributed by atoms with van der Waals surface area (Å²) in [6.45, 7) is 6.59. The summed E-state index contributed by atoms with van der Waals surface area (Å²) in [6.07, 6.45) is 3.21. The molecule has 0 aromatic heterocycles. The van der Waals surface area contributed by atoms with Crippen LogP contribution in [0.15, 0.2) is 0 Å². The number of hydrogen-bond acceptors (Lipinski definition) is 2. The normalized spacial score (nSPS) is 20.3. The van der Waals surface area contributed by atoms with E-state index in [1.165, 1.54) is 6.42 Å². The van der Waals surface area contributed by atoms with Gasteiger partial charge in [-0.2, -0.15) is 0 Å². The fourth-order valence-electron chi connectivity index (χ4n) is 1.85. The van der Waals surface area contributed by atoms with Gasteiger partial charge in [-0.25, -0.2) is 0 Å². The standard InChI is InChI=1S/C10H18O2/c1-4-12-9(11)10(8(2)3)6-5-7-10/h8H,4-7H2,1-3H3. The third-order valence-corrected chi connectivity index (χ3v) is 3.03. The van der Waals surface area contributed by atoms with E-state index >= 15 is 0 Å². The van der Waals surface area contributed by atoms with E-state index < -0.39 is 0 Å². The van der Waals surface area contributed by atoms with Crippen molar-refractivity contribution in [2.45, 2.75) is 40.0 Å². The molecule has 1 rings (SSSR count). The van der Waals surface area contributed by atoms with E-state index in [4.69, 9.17) is 4.74 Å². The highest BCUT2D eigenvalue weighted by Gasteiger charge is 2.47. The maximum Gasteiger partial charge on any atom is 0.312 e. The Hall–Kier alpha value is -0.530. The van der Waals surface area contributed by atoms with Crippen LogP contribution in [0, 0.1) is 11.3 Å². The molecule has 0 aromatic rings. The zero-order chi connectivity index (χ0) is 9.19. The highest BCUT2D eigenvalue weighted by atomic mass is 16.5. The summed E-state index contributed by atoms with van der Waals surface area (Å²) < 4.78 is 5.07. The second-order valence-electron chi connectivity index (χ2n) is 3.88. The third kappa shape index (κ3) is 1.35. The fraction of sp³-hybridized carbons (Fsp3) is 0.900. The summed E-state index contributed by atoms with van der Waals surface area (Å²) in [5, 5.41) is 0. The van der Waals surface area contributed by atoms with Gasteiger partial charge in [0.2, 0.25) is 0 Å². The molecule has 0 spiro atoms. The molecule has 0 unspecified atom stereocenters. The maximum atomic E-state index is 11.6. The van der Waals surface area contributed by atoms with Gasteiger partial charge in [-0.15, -0.1) is 0 Å². The van der Waals surface area contributed by atoms with Gasteiger partial charge in [0.15, 0.2) is 0 Å². The lowest BCUT2D eigenvalue weighted by molar-refractivity contribution is -0.165. The zero-order valence-electron chi connectivity index (χ0n) is 8.22. The monoisotopic (exact) mass is 170 g/mol. The summed E-state index contributed by atoms with van der Waals surface area (Å²) in [4.78, 5) is 11.6. The molecule has 1 aliphatic carbocycles. The molecule has 0 saturated heterocycles. The van der Waals surface area contributed by atoms with E-state index in [9.17, 15) is 4.79 Å². The number of carbonyl (C=O) groups is 1. The SMILES string of the molecule is CCOC(=O)C1(C(C)C)CCC1. The molecule has 0 bridgehead atoms. The van der Waals surface area contributed by atoms with Crippen molar-refractivity contribution >= 4 is 5.97 Å². The minimum Gasteiger partial charge on any atom is -0.466 e. The summed E-state index contributed by atoms with van der Waals surface area (Å²) in [7, 11) is 0. The summed E-state index contributed by atoms with van der Waals surface area (Å²) in [5.41, 5.74) is -0.129. The quantitative estimate of drug-likeness (QED) is 0.608. The van der Waals surface area contributed by atoms with Crippen LogP contribution in [0.4, 0.5) is 0 Å². The lowest BCUT2D eigenvalue weighted by Crippen LogP contribution is -2.43. The van der Waals surface area contributed by atoms with Crippen molar-refractivity contribution in [1.82, 2.24) is 0 Å². The van der Waals surface area contributed by atoms with Crippen LogP contribution in [-0.4, -0.2) is 12.6 Å². The van der Waals surface area contributed by atoms with Gasteiger partial charge in [0, 0.05) is 0 Å².